The number of benzene rings is 2. The minimum Gasteiger partial charge on any atom is -0.493 e. The smallest absolute Gasteiger partial charge is 0.266 e. The molecule has 146 valence electrons. The number of rotatable bonds is 7. The fourth-order valence-electron chi connectivity index (χ4n) is 2.61. The normalized spacial score (nSPS) is 17.0. The number of hydrogen-bond acceptors (Lipinski definition) is 5. The molecule has 28 heavy (non-hydrogen) atoms. The molecule has 1 saturated heterocycles. The zero-order valence-corrected chi connectivity index (χ0v) is 18.1. The summed E-state index contributed by atoms with van der Waals surface area (Å²) in [5, 5.41) is 0.657. The number of methoxy groups -OCH3 is 1. The highest BCUT2D eigenvalue weighted by Gasteiger charge is 2.33. The van der Waals surface area contributed by atoms with Crippen molar-refractivity contribution in [2.45, 2.75) is 6.92 Å². The second kappa shape index (κ2) is 9.91. The molecule has 0 spiro atoms. The lowest BCUT2D eigenvalue weighted by Crippen LogP contribution is -2.32. The van der Waals surface area contributed by atoms with Crippen LogP contribution in [0.4, 0.5) is 5.69 Å². The van der Waals surface area contributed by atoms with Crippen LogP contribution in [0.25, 0.3) is 6.08 Å². The predicted octanol–water partition coefficient (Wildman–Crippen LogP) is 5.10. The molecule has 3 rings (SSSR count). The number of nitrogens with zero attached hydrogens (tertiary/aromatic N) is 2. The minimum atomic E-state index is -0.0678. The van der Waals surface area contributed by atoms with Crippen LogP contribution in [0, 0.1) is 0 Å². The summed E-state index contributed by atoms with van der Waals surface area (Å²) in [4.78, 5) is 19.9. The molecule has 0 aromatic heterocycles. The lowest BCUT2D eigenvalue weighted by Gasteiger charge is -2.14. The Labute approximate surface area is 177 Å². The van der Waals surface area contributed by atoms with E-state index in [1.807, 2.05) is 61.5 Å². The van der Waals surface area contributed by atoms with Crippen LogP contribution in [0.3, 0.4) is 0 Å². The second-order valence-corrected chi connectivity index (χ2v) is 7.78. The molecular formula is C21H21BrN2O3S. The number of thioether (sulfide) groups is 1. The molecule has 1 aliphatic heterocycles. The van der Waals surface area contributed by atoms with Gasteiger partial charge in [-0.15, -0.1) is 0 Å². The summed E-state index contributed by atoms with van der Waals surface area (Å²) >= 11 is 4.89. The number of amides is 1. The number of ether oxygens (including phenoxy) is 2. The lowest BCUT2D eigenvalue weighted by molar-refractivity contribution is -0.122. The quantitative estimate of drug-likeness (QED) is 0.539. The standard InChI is InChI=1S/C21H21BrN2O3S/c1-3-27-18-10-9-15(13-17(18)22)14-19-20(25)24(11-12-26-2)21(28-19)23-16-7-5-4-6-8-16/h4-10,13-14H,3,11-12H2,1-2H3/b19-14-,23-21?. The van der Waals surface area contributed by atoms with Gasteiger partial charge in [-0.3, -0.25) is 9.69 Å². The highest BCUT2D eigenvalue weighted by molar-refractivity contribution is 9.10. The molecule has 1 fully saturated rings. The first kappa shape index (κ1) is 20.6. The summed E-state index contributed by atoms with van der Waals surface area (Å²) in [6, 6.07) is 15.4. The zero-order chi connectivity index (χ0) is 19.9. The number of carbonyl (C=O) groups is 1. The molecule has 0 radical (unpaired) electrons. The van der Waals surface area contributed by atoms with Gasteiger partial charge in [0, 0.05) is 7.11 Å². The van der Waals surface area contributed by atoms with E-state index in [0.717, 1.165) is 21.5 Å². The van der Waals surface area contributed by atoms with Gasteiger partial charge >= 0.3 is 0 Å². The average molecular weight is 461 g/mol. The van der Waals surface area contributed by atoms with E-state index >= 15 is 0 Å². The molecule has 1 aliphatic rings. The zero-order valence-electron chi connectivity index (χ0n) is 15.7. The number of carbonyl (C=O) groups excluding carboxylic acids is 1. The van der Waals surface area contributed by atoms with E-state index in [1.54, 1.807) is 12.0 Å². The van der Waals surface area contributed by atoms with Crippen LogP contribution in [-0.4, -0.2) is 42.8 Å². The van der Waals surface area contributed by atoms with E-state index in [-0.39, 0.29) is 5.91 Å². The van der Waals surface area contributed by atoms with Crippen molar-refractivity contribution in [3.63, 3.8) is 0 Å². The molecule has 2 aromatic carbocycles. The predicted molar refractivity (Wildman–Crippen MR) is 118 cm³/mol. The monoisotopic (exact) mass is 460 g/mol. The molecular weight excluding hydrogens is 440 g/mol. The van der Waals surface area contributed by atoms with Crippen LogP contribution in [0.15, 0.2) is 62.9 Å². The third-order valence-corrected chi connectivity index (χ3v) is 5.57. The van der Waals surface area contributed by atoms with Gasteiger partial charge in [0.2, 0.25) is 0 Å². The van der Waals surface area contributed by atoms with Crippen molar-refractivity contribution in [2.75, 3.05) is 26.9 Å². The van der Waals surface area contributed by atoms with Crippen molar-refractivity contribution < 1.29 is 14.3 Å². The number of halogens is 1. The summed E-state index contributed by atoms with van der Waals surface area (Å²) in [7, 11) is 1.62. The van der Waals surface area contributed by atoms with Crippen molar-refractivity contribution in [1.29, 1.82) is 0 Å². The van der Waals surface area contributed by atoms with Crippen LogP contribution < -0.4 is 4.74 Å². The molecule has 7 heteroatoms. The molecule has 0 bridgehead atoms. The molecule has 1 heterocycles. The van der Waals surface area contributed by atoms with E-state index in [0.29, 0.717) is 29.8 Å². The van der Waals surface area contributed by atoms with E-state index in [4.69, 9.17) is 9.47 Å². The van der Waals surface area contributed by atoms with Gasteiger partial charge in [-0.25, -0.2) is 4.99 Å². The van der Waals surface area contributed by atoms with Crippen molar-refractivity contribution in [2.24, 2.45) is 4.99 Å². The Balaban J connectivity index is 1.89. The molecule has 0 saturated carbocycles. The molecule has 5 nitrogen and oxygen atoms in total. The van der Waals surface area contributed by atoms with Crippen LogP contribution >= 0.6 is 27.7 Å². The summed E-state index contributed by atoms with van der Waals surface area (Å²) in [6.07, 6.45) is 1.88. The maximum atomic E-state index is 12.9. The van der Waals surface area contributed by atoms with Gasteiger partial charge in [-0.1, -0.05) is 24.3 Å². The number of para-hydroxylation sites is 1. The first-order valence-electron chi connectivity index (χ1n) is 8.88. The van der Waals surface area contributed by atoms with Gasteiger partial charge in [0.1, 0.15) is 5.75 Å². The number of aliphatic imine (C=N–C) groups is 1. The summed E-state index contributed by atoms with van der Waals surface area (Å²) in [6.45, 7) is 3.44. The number of amidine groups is 1. The van der Waals surface area contributed by atoms with Crippen molar-refractivity contribution in [3.05, 3.63) is 63.5 Å². The van der Waals surface area contributed by atoms with Gasteiger partial charge < -0.3 is 9.47 Å². The summed E-state index contributed by atoms with van der Waals surface area (Å²) < 4.78 is 11.6. The Hall–Kier alpha value is -2.09. The molecule has 0 atom stereocenters. The Morgan fingerprint density at radius 2 is 2.00 bits per heavy atom. The van der Waals surface area contributed by atoms with Gasteiger partial charge in [-0.2, -0.15) is 0 Å². The largest absolute Gasteiger partial charge is 0.493 e. The van der Waals surface area contributed by atoms with Crippen LogP contribution in [0.1, 0.15) is 12.5 Å². The van der Waals surface area contributed by atoms with Crippen molar-refractivity contribution in [3.8, 4) is 5.75 Å². The fraction of sp³-hybridized carbons (Fsp3) is 0.238. The first-order valence-corrected chi connectivity index (χ1v) is 10.5. The topological polar surface area (TPSA) is 51.1 Å². The first-order chi connectivity index (χ1) is 13.6. The lowest BCUT2D eigenvalue weighted by atomic mass is 10.2. The molecule has 2 aromatic rings. The third kappa shape index (κ3) is 5.04. The maximum Gasteiger partial charge on any atom is 0.266 e. The average Bonchev–Trinajstić information content (AvgIpc) is 2.97. The summed E-state index contributed by atoms with van der Waals surface area (Å²) in [5.74, 6) is 0.713. The van der Waals surface area contributed by atoms with E-state index < -0.39 is 0 Å². The Morgan fingerprint density at radius 1 is 1.21 bits per heavy atom. The minimum absolute atomic E-state index is 0.0678. The van der Waals surface area contributed by atoms with E-state index in [2.05, 4.69) is 20.9 Å². The van der Waals surface area contributed by atoms with Gasteiger partial charge in [0.25, 0.3) is 5.91 Å². The highest BCUT2D eigenvalue weighted by Crippen LogP contribution is 2.35. The number of hydrogen-bond donors (Lipinski definition) is 0. The van der Waals surface area contributed by atoms with Gasteiger partial charge in [0.05, 0.1) is 34.8 Å². The van der Waals surface area contributed by atoms with Crippen LogP contribution in [0.2, 0.25) is 0 Å². The fourth-order valence-corrected chi connectivity index (χ4v) is 4.15. The van der Waals surface area contributed by atoms with Gasteiger partial charge in [0.15, 0.2) is 5.17 Å². The second-order valence-electron chi connectivity index (χ2n) is 5.91. The molecule has 0 N–H and O–H groups in total. The van der Waals surface area contributed by atoms with E-state index in [9.17, 15) is 4.79 Å². The van der Waals surface area contributed by atoms with Crippen molar-refractivity contribution in [1.82, 2.24) is 4.90 Å². The molecule has 0 aliphatic carbocycles. The van der Waals surface area contributed by atoms with Crippen molar-refractivity contribution >= 4 is 50.5 Å². The SMILES string of the molecule is CCOc1ccc(/C=C2\SC(=Nc3ccccc3)N(CCOC)C2=O)cc1Br. The molecule has 0 unspecified atom stereocenters. The van der Waals surface area contributed by atoms with Gasteiger partial charge in [-0.05, 0) is 70.5 Å². The summed E-state index contributed by atoms with van der Waals surface area (Å²) in [5.41, 5.74) is 1.73. The Bertz CT molecular complexity index is 900. The Morgan fingerprint density at radius 3 is 2.68 bits per heavy atom. The maximum absolute atomic E-state index is 12.9. The van der Waals surface area contributed by atoms with Crippen LogP contribution in [-0.2, 0) is 9.53 Å². The van der Waals surface area contributed by atoms with E-state index in [1.165, 1.54) is 11.8 Å². The van der Waals surface area contributed by atoms with Crippen LogP contribution in [0.5, 0.6) is 5.75 Å². The third-order valence-electron chi connectivity index (χ3n) is 3.94. The molecule has 1 amide bonds. The Kier molecular flexibility index (Phi) is 7.30. The highest BCUT2D eigenvalue weighted by atomic mass is 79.9.